The molecule has 1 aromatic heterocycles. The van der Waals surface area contributed by atoms with Gasteiger partial charge >= 0.3 is 12.0 Å². The molecular formula is C31H33N3O6S2. The molecule has 1 aliphatic rings. The fourth-order valence-electron chi connectivity index (χ4n) is 4.64. The van der Waals surface area contributed by atoms with E-state index < -0.39 is 18.3 Å². The van der Waals surface area contributed by atoms with Crippen molar-refractivity contribution in [3.05, 3.63) is 89.5 Å². The first kappa shape index (κ1) is 30.0. The van der Waals surface area contributed by atoms with Crippen LogP contribution in [0.2, 0.25) is 0 Å². The van der Waals surface area contributed by atoms with Crippen LogP contribution in [0, 0.1) is 5.92 Å². The van der Waals surface area contributed by atoms with Crippen LogP contribution < -0.4 is 10.6 Å². The summed E-state index contributed by atoms with van der Waals surface area (Å²) in [6.07, 6.45) is -0.991. The molecule has 0 radical (unpaired) electrons. The second-order valence-electron chi connectivity index (χ2n) is 9.82. The highest BCUT2D eigenvalue weighted by atomic mass is 32.2. The standard InChI is InChI=1S/C31H33N3O6S2/c1-3-38-27(36)16-32-30(37)33-23-14-12-22(13-15-23)29-39-25(18-41-31-34-24-6-4-5-7-26(24)42-31)19(2)28(40-29)21-10-8-20(17-35)9-11-21/h4-15,19,25,28-29,35H,3,16-18H2,1-2H3,(H2,32,33,37). The van der Waals surface area contributed by atoms with Crippen molar-refractivity contribution in [1.29, 1.82) is 0 Å². The van der Waals surface area contributed by atoms with E-state index in [1.165, 1.54) is 0 Å². The van der Waals surface area contributed by atoms with Gasteiger partial charge < -0.3 is 30.0 Å². The predicted molar refractivity (Wildman–Crippen MR) is 163 cm³/mol. The lowest BCUT2D eigenvalue weighted by molar-refractivity contribution is -0.268. The summed E-state index contributed by atoms with van der Waals surface area (Å²) in [6, 6.07) is 22.7. The second-order valence-corrected chi connectivity index (χ2v) is 12.1. The van der Waals surface area contributed by atoms with Crippen LogP contribution in [-0.2, 0) is 25.6 Å². The first-order chi connectivity index (χ1) is 20.4. The maximum atomic E-state index is 12.2. The van der Waals surface area contributed by atoms with Crippen molar-refractivity contribution in [2.24, 2.45) is 5.92 Å². The molecule has 4 unspecified atom stereocenters. The number of hydrogen-bond donors (Lipinski definition) is 3. The summed E-state index contributed by atoms with van der Waals surface area (Å²) in [5.74, 6) is 0.249. The number of urea groups is 1. The Morgan fingerprint density at radius 2 is 1.76 bits per heavy atom. The minimum atomic E-state index is -0.628. The van der Waals surface area contributed by atoms with Gasteiger partial charge in [0.1, 0.15) is 6.54 Å². The van der Waals surface area contributed by atoms with Crippen LogP contribution in [0.15, 0.2) is 77.1 Å². The van der Waals surface area contributed by atoms with Gasteiger partial charge in [0.25, 0.3) is 0 Å². The molecule has 11 heteroatoms. The van der Waals surface area contributed by atoms with E-state index in [-0.39, 0.29) is 37.9 Å². The quantitative estimate of drug-likeness (QED) is 0.147. The Balaban J connectivity index is 1.30. The molecule has 220 valence electrons. The van der Waals surface area contributed by atoms with E-state index >= 15 is 0 Å². The fraction of sp³-hybridized carbons (Fsp3) is 0.323. The minimum Gasteiger partial charge on any atom is -0.465 e. The van der Waals surface area contributed by atoms with Crippen molar-refractivity contribution in [3.63, 3.8) is 0 Å². The van der Waals surface area contributed by atoms with Crippen LogP contribution in [0.5, 0.6) is 0 Å². The van der Waals surface area contributed by atoms with E-state index in [2.05, 4.69) is 23.6 Å². The van der Waals surface area contributed by atoms with E-state index in [0.29, 0.717) is 11.4 Å². The number of anilines is 1. The number of ether oxygens (including phenoxy) is 3. The maximum Gasteiger partial charge on any atom is 0.325 e. The molecular weight excluding hydrogens is 574 g/mol. The summed E-state index contributed by atoms with van der Waals surface area (Å²) in [5, 5.41) is 14.7. The highest BCUT2D eigenvalue weighted by molar-refractivity contribution is 8.01. The normalized spacial score (nSPS) is 20.3. The smallest absolute Gasteiger partial charge is 0.325 e. The van der Waals surface area contributed by atoms with Crippen molar-refractivity contribution in [1.82, 2.24) is 10.3 Å². The Bertz CT molecular complexity index is 1460. The van der Waals surface area contributed by atoms with Crippen LogP contribution in [-0.4, -0.2) is 47.1 Å². The Hall–Kier alpha value is -3.48. The first-order valence-electron chi connectivity index (χ1n) is 13.7. The van der Waals surface area contributed by atoms with Gasteiger partial charge in [0.05, 0.1) is 35.6 Å². The van der Waals surface area contributed by atoms with Crippen LogP contribution in [0.25, 0.3) is 10.2 Å². The molecule has 2 heterocycles. The molecule has 1 saturated heterocycles. The zero-order chi connectivity index (χ0) is 29.5. The van der Waals surface area contributed by atoms with Crippen LogP contribution in [0.1, 0.15) is 42.9 Å². The summed E-state index contributed by atoms with van der Waals surface area (Å²) >= 11 is 3.36. The van der Waals surface area contributed by atoms with Gasteiger partial charge in [-0.15, -0.1) is 11.3 Å². The number of benzene rings is 3. The van der Waals surface area contributed by atoms with Gasteiger partial charge in [-0.25, -0.2) is 9.78 Å². The van der Waals surface area contributed by atoms with E-state index in [1.54, 1.807) is 42.2 Å². The number of carbonyl (C=O) groups is 2. The first-order valence-corrected chi connectivity index (χ1v) is 15.5. The molecule has 2 amide bonds. The zero-order valence-electron chi connectivity index (χ0n) is 23.3. The number of hydrogen-bond acceptors (Lipinski definition) is 9. The number of carbonyl (C=O) groups excluding carboxylic acids is 2. The topological polar surface area (TPSA) is 119 Å². The van der Waals surface area contributed by atoms with Gasteiger partial charge in [0, 0.05) is 22.9 Å². The van der Waals surface area contributed by atoms with Crippen LogP contribution in [0.3, 0.4) is 0 Å². The van der Waals surface area contributed by atoms with Gasteiger partial charge in [-0.2, -0.15) is 0 Å². The SMILES string of the molecule is CCOC(=O)CNC(=O)Nc1ccc(C2OC(CSc3nc4ccccc4s3)C(C)C(c3ccc(CO)cc3)O2)cc1. The number of rotatable bonds is 10. The molecule has 9 nitrogen and oxygen atoms in total. The molecule has 5 rings (SSSR count). The molecule has 0 bridgehead atoms. The second kappa shape index (κ2) is 14.1. The molecule has 1 aliphatic heterocycles. The van der Waals surface area contributed by atoms with E-state index in [9.17, 15) is 14.7 Å². The third-order valence-corrected chi connectivity index (χ3v) is 9.18. The third-order valence-electron chi connectivity index (χ3n) is 6.91. The molecule has 0 aliphatic carbocycles. The summed E-state index contributed by atoms with van der Waals surface area (Å²) in [7, 11) is 0. The molecule has 0 saturated carbocycles. The number of aromatic nitrogens is 1. The van der Waals surface area contributed by atoms with Gasteiger partial charge in [-0.1, -0.05) is 67.2 Å². The number of aliphatic hydroxyl groups is 1. The molecule has 4 aromatic rings. The Labute approximate surface area is 252 Å². The number of amides is 2. The molecule has 0 spiro atoms. The monoisotopic (exact) mass is 607 g/mol. The Morgan fingerprint density at radius 3 is 2.48 bits per heavy atom. The summed E-state index contributed by atoms with van der Waals surface area (Å²) in [6.45, 7) is 3.86. The van der Waals surface area contributed by atoms with Gasteiger partial charge in [0.2, 0.25) is 0 Å². The van der Waals surface area contributed by atoms with Crippen molar-refractivity contribution in [2.45, 2.75) is 43.3 Å². The number of fused-ring (bicyclic) bond motifs is 1. The summed E-state index contributed by atoms with van der Waals surface area (Å²) in [5.41, 5.74) is 4.22. The van der Waals surface area contributed by atoms with Crippen LogP contribution >= 0.6 is 23.1 Å². The average Bonchev–Trinajstić information content (AvgIpc) is 3.43. The highest BCUT2D eigenvalue weighted by Gasteiger charge is 2.38. The van der Waals surface area contributed by atoms with E-state index in [0.717, 1.165) is 31.2 Å². The number of thiazole rings is 1. The molecule has 3 aromatic carbocycles. The molecule has 1 fully saturated rings. The Morgan fingerprint density at radius 1 is 1.02 bits per heavy atom. The fourth-order valence-corrected chi connectivity index (χ4v) is 6.90. The third kappa shape index (κ3) is 7.47. The van der Waals surface area contributed by atoms with Crippen LogP contribution in [0.4, 0.5) is 10.5 Å². The lowest BCUT2D eigenvalue weighted by Crippen LogP contribution is -2.38. The van der Waals surface area contributed by atoms with Gasteiger partial charge in [-0.3, -0.25) is 4.79 Å². The highest BCUT2D eigenvalue weighted by Crippen LogP contribution is 2.43. The van der Waals surface area contributed by atoms with Gasteiger partial charge in [-0.05, 0) is 42.3 Å². The molecule has 3 N–H and O–H groups in total. The summed E-state index contributed by atoms with van der Waals surface area (Å²) in [4.78, 5) is 28.4. The largest absolute Gasteiger partial charge is 0.465 e. The predicted octanol–water partition coefficient (Wildman–Crippen LogP) is 6.06. The Kier molecular flexibility index (Phi) is 10.1. The average molecular weight is 608 g/mol. The van der Waals surface area contributed by atoms with Crippen molar-refractivity contribution >= 4 is 51.0 Å². The number of nitrogens with zero attached hydrogens (tertiary/aromatic N) is 1. The van der Waals surface area contributed by atoms with Crippen molar-refractivity contribution < 1.29 is 28.9 Å². The lowest BCUT2D eigenvalue weighted by atomic mass is 9.91. The minimum absolute atomic E-state index is 0.0181. The van der Waals surface area contributed by atoms with Crippen molar-refractivity contribution in [3.8, 4) is 0 Å². The molecule has 4 atom stereocenters. The van der Waals surface area contributed by atoms with Gasteiger partial charge in [0.15, 0.2) is 10.6 Å². The van der Waals surface area contributed by atoms with Crippen molar-refractivity contribution in [2.75, 3.05) is 24.2 Å². The lowest BCUT2D eigenvalue weighted by Gasteiger charge is -2.41. The number of nitrogens with one attached hydrogen (secondary N) is 2. The van der Waals surface area contributed by atoms with E-state index in [4.69, 9.17) is 19.2 Å². The number of esters is 1. The maximum absolute atomic E-state index is 12.2. The van der Waals surface area contributed by atoms with E-state index in [1.807, 2.05) is 54.6 Å². The molecule has 42 heavy (non-hydrogen) atoms. The zero-order valence-corrected chi connectivity index (χ0v) is 25.0. The number of aliphatic hydroxyl groups excluding tert-OH is 1. The number of thioether (sulfide) groups is 1. The summed E-state index contributed by atoms with van der Waals surface area (Å²) < 4.78 is 20.0. The number of para-hydroxylation sites is 1.